The molecule has 1 unspecified atom stereocenters. The lowest BCUT2D eigenvalue weighted by molar-refractivity contribution is -0.192. The molecule has 3 atom stereocenters. The summed E-state index contributed by atoms with van der Waals surface area (Å²) in [6.07, 6.45) is -3.87. The third kappa shape index (κ3) is 4.02. The first-order valence-electron chi connectivity index (χ1n) is 8.33. The van der Waals surface area contributed by atoms with Crippen molar-refractivity contribution in [2.45, 2.75) is 57.8 Å². The van der Waals surface area contributed by atoms with Crippen molar-refractivity contribution < 1.29 is 32.6 Å². The summed E-state index contributed by atoms with van der Waals surface area (Å²) in [6.45, 7) is 4.37. The number of carboxylic acid groups (broad SMARTS) is 1. The normalized spacial score (nSPS) is 29.0. The fourth-order valence-corrected chi connectivity index (χ4v) is 4.03. The van der Waals surface area contributed by atoms with Gasteiger partial charge in [-0.3, -0.25) is 9.59 Å². The number of amides is 1. The number of rotatable bonds is 4. The molecule has 1 saturated carbocycles. The Morgan fingerprint density at radius 2 is 1.71 bits per heavy atom. The Morgan fingerprint density at radius 1 is 1.12 bits per heavy atom. The molecule has 2 rings (SSSR count). The van der Waals surface area contributed by atoms with E-state index in [9.17, 15) is 27.9 Å². The Labute approximate surface area is 139 Å². The molecular weight excluding hydrogens is 327 g/mol. The second-order valence-electron chi connectivity index (χ2n) is 7.03. The van der Waals surface area contributed by atoms with E-state index in [2.05, 4.69) is 0 Å². The van der Waals surface area contributed by atoms with Gasteiger partial charge in [-0.05, 0) is 37.5 Å². The van der Waals surface area contributed by atoms with Crippen molar-refractivity contribution >= 4 is 11.9 Å². The molecule has 1 amide bonds. The average molecular weight is 351 g/mol. The average Bonchev–Trinajstić information content (AvgIpc) is 2.93. The van der Waals surface area contributed by atoms with Gasteiger partial charge in [-0.2, -0.15) is 13.2 Å². The van der Waals surface area contributed by atoms with E-state index < -0.39 is 36.1 Å². The highest BCUT2D eigenvalue weighted by Crippen LogP contribution is 2.42. The zero-order chi connectivity index (χ0) is 18.1. The van der Waals surface area contributed by atoms with E-state index in [-0.39, 0.29) is 18.3 Å². The van der Waals surface area contributed by atoms with Gasteiger partial charge in [0.25, 0.3) is 0 Å². The van der Waals surface area contributed by atoms with Crippen LogP contribution in [0.25, 0.3) is 0 Å². The van der Waals surface area contributed by atoms with Crippen LogP contribution in [0.1, 0.15) is 39.5 Å². The summed E-state index contributed by atoms with van der Waals surface area (Å²) in [4.78, 5) is 24.4. The molecule has 0 radical (unpaired) electrons. The third-order valence-electron chi connectivity index (χ3n) is 5.22. The number of carbonyl (C=O) groups excluding carboxylic acids is 1. The molecule has 0 aromatic rings. The zero-order valence-corrected chi connectivity index (χ0v) is 13.9. The molecule has 1 saturated heterocycles. The summed E-state index contributed by atoms with van der Waals surface area (Å²) in [5.74, 6) is -3.75. The number of hydrogen-bond acceptors (Lipinski definition) is 3. The van der Waals surface area contributed by atoms with Gasteiger partial charge in [-0.15, -0.1) is 0 Å². The zero-order valence-electron chi connectivity index (χ0n) is 13.9. The number of halogens is 3. The van der Waals surface area contributed by atoms with E-state index in [1.807, 2.05) is 13.8 Å². The maximum atomic E-state index is 13.1. The van der Waals surface area contributed by atoms with Crippen LogP contribution in [0.3, 0.4) is 0 Å². The largest absolute Gasteiger partial charge is 0.481 e. The van der Waals surface area contributed by atoms with Crippen LogP contribution < -0.4 is 0 Å². The van der Waals surface area contributed by atoms with Crippen molar-refractivity contribution in [2.75, 3.05) is 13.2 Å². The highest BCUT2D eigenvalue weighted by Gasteiger charge is 2.51. The molecule has 0 bridgehead atoms. The molecular formula is C16H24F3NO4. The maximum absolute atomic E-state index is 13.1. The first-order valence-corrected chi connectivity index (χ1v) is 8.33. The molecule has 24 heavy (non-hydrogen) atoms. The van der Waals surface area contributed by atoms with Crippen LogP contribution >= 0.6 is 0 Å². The van der Waals surface area contributed by atoms with E-state index >= 15 is 0 Å². The summed E-state index contributed by atoms with van der Waals surface area (Å²) in [7, 11) is 0. The predicted molar refractivity (Wildman–Crippen MR) is 79.2 cm³/mol. The van der Waals surface area contributed by atoms with E-state index in [1.165, 1.54) is 0 Å². The van der Waals surface area contributed by atoms with Crippen LogP contribution in [-0.4, -0.2) is 53.4 Å². The molecule has 1 aliphatic carbocycles. The molecule has 2 fully saturated rings. The van der Waals surface area contributed by atoms with E-state index in [0.29, 0.717) is 32.5 Å². The molecule has 1 N–H and O–H groups in total. The molecule has 0 aromatic heterocycles. The first kappa shape index (κ1) is 19.0. The number of hydrogen-bond donors (Lipinski definition) is 1. The van der Waals surface area contributed by atoms with E-state index in [0.717, 1.165) is 4.90 Å². The van der Waals surface area contributed by atoms with Crippen LogP contribution in [0.5, 0.6) is 0 Å². The van der Waals surface area contributed by atoms with Gasteiger partial charge in [-0.1, -0.05) is 13.8 Å². The van der Waals surface area contributed by atoms with Crippen molar-refractivity contribution in [3.05, 3.63) is 0 Å². The van der Waals surface area contributed by atoms with Crippen molar-refractivity contribution in [3.8, 4) is 0 Å². The van der Waals surface area contributed by atoms with E-state index in [1.54, 1.807) is 0 Å². The summed E-state index contributed by atoms with van der Waals surface area (Å²) < 4.78 is 44.4. The number of aliphatic carboxylic acids is 1. The van der Waals surface area contributed by atoms with Gasteiger partial charge >= 0.3 is 18.1 Å². The van der Waals surface area contributed by atoms with Crippen molar-refractivity contribution in [1.82, 2.24) is 4.90 Å². The second kappa shape index (κ2) is 7.29. The molecule has 0 aromatic carbocycles. The van der Waals surface area contributed by atoms with Crippen LogP contribution in [-0.2, 0) is 14.3 Å². The topological polar surface area (TPSA) is 66.8 Å². The number of nitrogens with zero attached hydrogens (tertiary/aromatic N) is 1. The lowest BCUT2D eigenvalue weighted by atomic mass is 9.86. The fraction of sp³-hybridized carbons (Fsp3) is 0.875. The summed E-state index contributed by atoms with van der Waals surface area (Å²) in [5.41, 5.74) is 0. The highest BCUT2D eigenvalue weighted by atomic mass is 19.4. The van der Waals surface area contributed by atoms with Gasteiger partial charge in [0, 0.05) is 25.3 Å². The Morgan fingerprint density at radius 3 is 2.12 bits per heavy atom. The monoisotopic (exact) mass is 351 g/mol. The lowest BCUT2D eigenvalue weighted by Crippen LogP contribution is -2.53. The lowest BCUT2D eigenvalue weighted by Gasteiger charge is -2.39. The Hall–Kier alpha value is -1.31. The van der Waals surface area contributed by atoms with Crippen molar-refractivity contribution in [1.29, 1.82) is 0 Å². The fourth-order valence-electron chi connectivity index (χ4n) is 4.03. The van der Waals surface area contributed by atoms with Gasteiger partial charge in [0.05, 0.1) is 5.92 Å². The number of ether oxygens (including phenoxy) is 1. The summed E-state index contributed by atoms with van der Waals surface area (Å²) >= 11 is 0. The van der Waals surface area contributed by atoms with Gasteiger partial charge in [0.2, 0.25) is 0 Å². The molecule has 0 spiro atoms. The van der Waals surface area contributed by atoms with Crippen molar-refractivity contribution in [2.24, 2.45) is 17.8 Å². The minimum Gasteiger partial charge on any atom is -0.481 e. The minimum atomic E-state index is -4.95. The maximum Gasteiger partial charge on any atom is 0.471 e. The molecule has 5 nitrogen and oxygen atoms in total. The van der Waals surface area contributed by atoms with Crippen molar-refractivity contribution in [3.63, 3.8) is 0 Å². The smallest absolute Gasteiger partial charge is 0.471 e. The van der Waals surface area contributed by atoms with Gasteiger partial charge in [0.15, 0.2) is 0 Å². The van der Waals surface area contributed by atoms with Gasteiger partial charge in [0.1, 0.15) is 0 Å². The SMILES string of the molecule is CC(C)C1C[C@@H](N(C(=O)C(F)(F)F)C2CCOCC2)C[C@H]1C(=O)O. The van der Waals surface area contributed by atoms with Crippen LogP contribution in [0, 0.1) is 17.8 Å². The van der Waals surface area contributed by atoms with Gasteiger partial charge < -0.3 is 14.7 Å². The number of carboxylic acids is 1. The third-order valence-corrected chi connectivity index (χ3v) is 5.22. The van der Waals surface area contributed by atoms with Crippen LogP contribution in [0.4, 0.5) is 13.2 Å². The quantitative estimate of drug-likeness (QED) is 0.846. The van der Waals surface area contributed by atoms with E-state index in [4.69, 9.17) is 4.74 Å². The standard InChI is InChI=1S/C16H24F3NO4/c1-9(2)12-7-11(8-13(12)14(21)22)20(15(23)16(17,18)19)10-3-5-24-6-4-10/h9-13H,3-8H2,1-2H3,(H,21,22)/t11-,12?,13-/m1/s1. The molecule has 1 aliphatic heterocycles. The summed E-state index contributed by atoms with van der Waals surface area (Å²) in [5, 5.41) is 9.40. The Kier molecular flexibility index (Phi) is 5.78. The first-order chi connectivity index (χ1) is 11.1. The minimum absolute atomic E-state index is 0.0358. The molecule has 1 heterocycles. The second-order valence-corrected chi connectivity index (χ2v) is 7.03. The number of alkyl halides is 3. The van der Waals surface area contributed by atoms with Crippen LogP contribution in [0.2, 0.25) is 0 Å². The van der Waals surface area contributed by atoms with Crippen LogP contribution in [0.15, 0.2) is 0 Å². The predicted octanol–water partition coefficient (Wildman–Crippen LogP) is 2.69. The molecule has 8 heteroatoms. The number of carbonyl (C=O) groups is 2. The highest BCUT2D eigenvalue weighted by molar-refractivity contribution is 5.82. The summed E-state index contributed by atoms with van der Waals surface area (Å²) in [6, 6.07) is -1.23. The van der Waals surface area contributed by atoms with Gasteiger partial charge in [-0.25, -0.2) is 0 Å². The Bertz CT molecular complexity index is 474. The molecule has 2 aliphatic rings. The Balaban J connectivity index is 2.26. The molecule has 138 valence electrons.